The zero-order chi connectivity index (χ0) is 10.2. The molecule has 2 heteroatoms. The predicted octanol–water partition coefficient (Wildman–Crippen LogP) is 3.01. The lowest BCUT2D eigenvalue weighted by Gasteiger charge is -2.04. The highest BCUT2D eigenvalue weighted by Crippen LogP contribution is 2.11. The summed E-state index contributed by atoms with van der Waals surface area (Å²) in [6.07, 6.45) is 7.07. The van der Waals surface area contributed by atoms with Crippen molar-refractivity contribution < 1.29 is 9.47 Å². The number of unbranched alkanes of at least 4 members (excludes halogenated alkanes) is 3. The monoisotopic (exact) mass is 200 g/mol. The Bertz CT molecular complexity index is 122. The van der Waals surface area contributed by atoms with Crippen molar-refractivity contribution in [3.63, 3.8) is 0 Å². The quantitative estimate of drug-likeness (QED) is 0.421. The van der Waals surface area contributed by atoms with Gasteiger partial charge in [0.15, 0.2) is 0 Å². The number of hydrogen-bond donors (Lipinski definition) is 0. The third-order valence-corrected chi connectivity index (χ3v) is 2.53. The molecule has 1 atom stereocenters. The summed E-state index contributed by atoms with van der Waals surface area (Å²) in [4.78, 5) is 0. The van der Waals surface area contributed by atoms with Crippen LogP contribution in [-0.4, -0.2) is 25.9 Å². The van der Waals surface area contributed by atoms with Crippen molar-refractivity contribution in [1.82, 2.24) is 0 Å². The van der Waals surface area contributed by atoms with E-state index in [1.807, 2.05) is 0 Å². The molecule has 0 spiro atoms. The van der Waals surface area contributed by atoms with E-state index in [1.165, 1.54) is 32.1 Å². The van der Waals surface area contributed by atoms with E-state index in [4.69, 9.17) is 9.47 Å². The molecular weight excluding hydrogens is 176 g/mol. The first-order valence-corrected chi connectivity index (χ1v) is 5.98. The molecule has 14 heavy (non-hydrogen) atoms. The minimum atomic E-state index is 0.427. The fourth-order valence-corrected chi connectivity index (χ4v) is 1.49. The van der Waals surface area contributed by atoms with Crippen molar-refractivity contribution in [2.24, 2.45) is 5.92 Å². The molecule has 84 valence electrons. The zero-order valence-electron chi connectivity index (χ0n) is 9.63. The largest absolute Gasteiger partial charge is 0.379 e. The van der Waals surface area contributed by atoms with Gasteiger partial charge >= 0.3 is 0 Å². The Hall–Kier alpha value is -0.0800. The number of hydrogen-bond acceptors (Lipinski definition) is 2. The van der Waals surface area contributed by atoms with Crippen LogP contribution in [0.5, 0.6) is 0 Å². The molecule has 1 aliphatic heterocycles. The van der Waals surface area contributed by atoms with Crippen molar-refractivity contribution in [3.8, 4) is 0 Å². The Kier molecular flexibility index (Phi) is 6.20. The number of rotatable bonds is 9. The lowest BCUT2D eigenvalue weighted by atomic mass is 10.0. The first-order chi connectivity index (χ1) is 6.79. The van der Waals surface area contributed by atoms with Crippen LogP contribution in [0.25, 0.3) is 0 Å². The van der Waals surface area contributed by atoms with Crippen LogP contribution < -0.4 is 0 Å². The molecule has 1 aliphatic rings. The SMILES string of the molecule is CC(C)CCCCCCOC[C@@H]1CO1. The lowest BCUT2D eigenvalue weighted by Crippen LogP contribution is -2.02. The molecule has 0 N–H and O–H groups in total. The maximum absolute atomic E-state index is 5.46. The van der Waals surface area contributed by atoms with Crippen molar-refractivity contribution in [1.29, 1.82) is 0 Å². The first-order valence-electron chi connectivity index (χ1n) is 5.98. The molecule has 0 unspecified atom stereocenters. The average Bonchev–Trinajstić information content (AvgIpc) is 2.92. The molecule has 0 bridgehead atoms. The van der Waals surface area contributed by atoms with Crippen LogP contribution in [0.1, 0.15) is 46.0 Å². The third kappa shape index (κ3) is 7.34. The number of epoxide rings is 1. The van der Waals surface area contributed by atoms with E-state index < -0.39 is 0 Å². The van der Waals surface area contributed by atoms with Gasteiger partial charge in [-0.15, -0.1) is 0 Å². The summed E-state index contributed by atoms with van der Waals surface area (Å²) in [6, 6.07) is 0. The summed E-state index contributed by atoms with van der Waals surface area (Å²) in [7, 11) is 0. The van der Waals surface area contributed by atoms with Gasteiger partial charge in [0, 0.05) is 6.61 Å². The molecule has 1 fully saturated rings. The molecule has 0 aliphatic carbocycles. The standard InChI is InChI=1S/C12H24O2/c1-11(2)7-5-3-4-6-8-13-9-12-10-14-12/h11-12H,3-10H2,1-2H3/t12-/m1/s1. The van der Waals surface area contributed by atoms with E-state index in [0.29, 0.717) is 6.10 Å². The molecule has 0 radical (unpaired) electrons. The van der Waals surface area contributed by atoms with Gasteiger partial charge in [-0.2, -0.15) is 0 Å². The van der Waals surface area contributed by atoms with E-state index in [9.17, 15) is 0 Å². The van der Waals surface area contributed by atoms with Crippen molar-refractivity contribution in [3.05, 3.63) is 0 Å². The molecule has 2 nitrogen and oxygen atoms in total. The Morgan fingerprint density at radius 1 is 1.21 bits per heavy atom. The molecular formula is C12H24O2. The Labute approximate surface area is 88.0 Å². The maximum Gasteiger partial charge on any atom is 0.104 e. The van der Waals surface area contributed by atoms with Gasteiger partial charge in [-0.25, -0.2) is 0 Å². The first kappa shape index (κ1) is 12.0. The molecule has 0 aromatic rings. The second-order valence-electron chi connectivity index (χ2n) is 4.63. The molecule has 0 aromatic carbocycles. The van der Waals surface area contributed by atoms with Crippen LogP contribution in [-0.2, 0) is 9.47 Å². The zero-order valence-corrected chi connectivity index (χ0v) is 9.63. The van der Waals surface area contributed by atoms with E-state index in [1.54, 1.807) is 0 Å². The van der Waals surface area contributed by atoms with Gasteiger partial charge in [0.25, 0.3) is 0 Å². The van der Waals surface area contributed by atoms with E-state index in [-0.39, 0.29) is 0 Å². The fraction of sp³-hybridized carbons (Fsp3) is 1.00. The summed E-state index contributed by atoms with van der Waals surface area (Å²) >= 11 is 0. The maximum atomic E-state index is 5.46. The van der Waals surface area contributed by atoms with Crippen LogP contribution >= 0.6 is 0 Å². The Balaban J connectivity index is 1.66. The highest BCUT2D eigenvalue weighted by molar-refractivity contribution is 4.66. The van der Waals surface area contributed by atoms with Gasteiger partial charge < -0.3 is 9.47 Å². The smallest absolute Gasteiger partial charge is 0.104 e. The van der Waals surface area contributed by atoms with E-state index >= 15 is 0 Å². The topological polar surface area (TPSA) is 21.8 Å². The lowest BCUT2D eigenvalue weighted by molar-refractivity contribution is 0.113. The fourth-order valence-electron chi connectivity index (χ4n) is 1.49. The number of ether oxygens (including phenoxy) is 2. The van der Waals surface area contributed by atoms with Gasteiger partial charge in [0.05, 0.1) is 13.2 Å². The minimum Gasteiger partial charge on any atom is -0.379 e. The van der Waals surface area contributed by atoms with Gasteiger partial charge in [0.1, 0.15) is 6.10 Å². The van der Waals surface area contributed by atoms with Crippen LogP contribution in [0.2, 0.25) is 0 Å². The molecule has 1 saturated heterocycles. The summed E-state index contributed by atoms with van der Waals surface area (Å²) in [6.45, 7) is 7.22. The van der Waals surface area contributed by atoms with Gasteiger partial charge in [-0.3, -0.25) is 0 Å². The summed E-state index contributed by atoms with van der Waals surface area (Å²) < 4.78 is 10.5. The van der Waals surface area contributed by atoms with Crippen molar-refractivity contribution in [2.45, 2.75) is 52.1 Å². The molecule has 1 rings (SSSR count). The third-order valence-electron chi connectivity index (χ3n) is 2.53. The molecule has 0 saturated carbocycles. The second-order valence-corrected chi connectivity index (χ2v) is 4.63. The van der Waals surface area contributed by atoms with Crippen LogP contribution in [0.15, 0.2) is 0 Å². The predicted molar refractivity (Wildman–Crippen MR) is 58.5 cm³/mol. The molecule has 1 heterocycles. The highest BCUT2D eigenvalue weighted by atomic mass is 16.6. The van der Waals surface area contributed by atoms with E-state index in [0.717, 1.165) is 25.7 Å². The van der Waals surface area contributed by atoms with Crippen molar-refractivity contribution in [2.75, 3.05) is 19.8 Å². The Morgan fingerprint density at radius 3 is 2.57 bits per heavy atom. The molecule has 0 aromatic heterocycles. The van der Waals surface area contributed by atoms with Crippen molar-refractivity contribution >= 4 is 0 Å². The van der Waals surface area contributed by atoms with Crippen LogP contribution in [0.4, 0.5) is 0 Å². The van der Waals surface area contributed by atoms with Crippen LogP contribution in [0, 0.1) is 5.92 Å². The summed E-state index contributed by atoms with van der Waals surface area (Å²) in [5.41, 5.74) is 0. The van der Waals surface area contributed by atoms with Crippen LogP contribution in [0.3, 0.4) is 0 Å². The highest BCUT2D eigenvalue weighted by Gasteiger charge is 2.21. The summed E-state index contributed by atoms with van der Waals surface area (Å²) in [5, 5.41) is 0. The Morgan fingerprint density at radius 2 is 1.93 bits per heavy atom. The van der Waals surface area contributed by atoms with Gasteiger partial charge in [0.2, 0.25) is 0 Å². The van der Waals surface area contributed by atoms with Gasteiger partial charge in [-0.1, -0.05) is 39.5 Å². The van der Waals surface area contributed by atoms with Gasteiger partial charge in [-0.05, 0) is 12.3 Å². The average molecular weight is 200 g/mol. The molecule has 0 amide bonds. The minimum absolute atomic E-state index is 0.427. The van der Waals surface area contributed by atoms with E-state index in [2.05, 4.69) is 13.8 Å². The normalized spacial score (nSPS) is 20.4. The second kappa shape index (κ2) is 7.24. The summed E-state index contributed by atoms with van der Waals surface area (Å²) in [5.74, 6) is 0.860.